The summed E-state index contributed by atoms with van der Waals surface area (Å²) in [5, 5.41) is 17.0. The van der Waals surface area contributed by atoms with Gasteiger partial charge in [-0.25, -0.2) is 9.59 Å². The molecule has 1 saturated heterocycles. The molecule has 2 amide bonds. The Morgan fingerprint density at radius 1 is 1.02 bits per heavy atom. The number of carbonyl (C=O) groups excluding carboxylic acids is 3. The smallest absolute Gasteiger partial charge is 0.408 e. The van der Waals surface area contributed by atoms with Crippen molar-refractivity contribution in [3.8, 4) is 6.07 Å². The molecule has 3 rings (SSSR count). The molecule has 0 aromatic heterocycles. The lowest BCUT2D eigenvalue weighted by atomic mass is 10.0. The Labute approximate surface area is 266 Å². The lowest BCUT2D eigenvalue weighted by Crippen LogP contribution is -2.44. The fourth-order valence-electron chi connectivity index (χ4n) is 4.93. The third kappa shape index (κ3) is 12.4. The Morgan fingerprint density at radius 2 is 1.76 bits per heavy atom. The third-order valence-corrected chi connectivity index (χ3v) is 7.17. The number of piperidine rings is 1. The summed E-state index contributed by atoms with van der Waals surface area (Å²) in [6.07, 6.45) is 6.32. The Hall–Kier alpha value is -4.14. The molecule has 244 valence electrons. The Bertz CT molecular complexity index is 1360. The first-order valence-corrected chi connectivity index (χ1v) is 15.7. The van der Waals surface area contributed by atoms with Crippen molar-refractivity contribution in [1.82, 2.24) is 10.6 Å². The molecular weight excluding hydrogens is 574 g/mol. The molecule has 0 unspecified atom stereocenters. The zero-order chi connectivity index (χ0) is 32.7. The first-order valence-electron chi connectivity index (χ1n) is 15.7. The van der Waals surface area contributed by atoms with E-state index >= 15 is 0 Å². The van der Waals surface area contributed by atoms with E-state index in [9.17, 15) is 19.6 Å². The normalized spacial score (nSPS) is 14.4. The van der Waals surface area contributed by atoms with E-state index in [0.717, 1.165) is 29.4 Å². The molecule has 0 radical (unpaired) electrons. The molecule has 11 nitrogen and oxygen atoms in total. The van der Waals surface area contributed by atoms with Crippen molar-refractivity contribution in [2.75, 3.05) is 50.9 Å². The number of alkyl carbamates (subject to hydrolysis) is 1. The van der Waals surface area contributed by atoms with Crippen molar-refractivity contribution in [2.24, 2.45) is 5.73 Å². The van der Waals surface area contributed by atoms with E-state index in [1.807, 2.05) is 24.3 Å². The Kier molecular flexibility index (Phi) is 14.1. The van der Waals surface area contributed by atoms with Crippen LogP contribution in [0.4, 0.5) is 10.5 Å². The summed E-state index contributed by atoms with van der Waals surface area (Å²) >= 11 is 0. The minimum absolute atomic E-state index is 0.00798. The number of fused-ring (bicyclic) bond motifs is 1. The van der Waals surface area contributed by atoms with E-state index in [1.54, 1.807) is 26.8 Å². The Balaban J connectivity index is 1.41. The average Bonchev–Trinajstić information content (AvgIpc) is 3.01. The average molecular weight is 622 g/mol. The van der Waals surface area contributed by atoms with Gasteiger partial charge in [0.05, 0.1) is 13.2 Å². The number of nitrogens with one attached hydrogen (secondary N) is 2. The first kappa shape index (κ1) is 35.3. The molecule has 11 heteroatoms. The van der Waals surface area contributed by atoms with Crippen molar-refractivity contribution in [3.63, 3.8) is 0 Å². The van der Waals surface area contributed by atoms with Gasteiger partial charge in [-0.05, 0) is 106 Å². The summed E-state index contributed by atoms with van der Waals surface area (Å²) < 4.78 is 16.0. The highest BCUT2D eigenvalue weighted by atomic mass is 16.6. The standard InChI is InChI=1S/C34H47N5O6/c1-34(2,3)45-33(42)38-30(9-5-6-14-35)32(41)44-20-19-43-18-15-37-31(40)28(24-36)22-25-10-11-27-23-29(13-12-26(27)21-25)39-16-7-4-8-17-39/h10-13,21-23,30H,4-9,14-20,35H2,1-3H3,(H,37,40)(H,38,42)/b28-22+/t30-/m0/s1. The zero-order valence-electron chi connectivity index (χ0n) is 26.7. The third-order valence-electron chi connectivity index (χ3n) is 7.17. The van der Waals surface area contributed by atoms with Crippen molar-refractivity contribution < 1.29 is 28.6 Å². The molecule has 2 aromatic carbocycles. The lowest BCUT2D eigenvalue weighted by Gasteiger charge is -2.29. The van der Waals surface area contributed by atoms with Crippen LogP contribution in [-0.2, 0) is 23.8 Å². The van der Waals surface area contributed by atoms with Crippen LogP contribution in [0.1, 0.15) is 64.9 Å². The minimum Gasteiger partial charge on any atom is -0.462 e. The van der Waals surface area contributed by atoms with E-state index < -0.39 is 29.6 Å². The SMILES string of the molecule is CC(C)(C)OC(=O)N[C@@H](CCCCN)C(=O)OCCOCCNC(=O)/C(C#N)=C/c1ccc2cc(N3CCCCC3)ccc2c1. The fraction of sp³-hybridized carbons (Fsp3) is 0.529. The summed E-state index contributed by atoms with van der Waals surface area (Å²) in [6, 6.07) is 13.4. The second-order valence-electron chi connectivity index (χ2n) is 12.0. The summed E-state index contributed by atoms with van der Waals surface area (Å²) in [7, 11) is 0. The predicted molar refractivity (Wildman–Crippen MR) is 174 cm³/mol. The van der Waals surface area contributed by atoms with Crippen LogP contribution >= 0.6 is 0 Å². The number of amides is 2. The molecule has 0 aliphatic carbocycles. The van der Waals surface area contributed by atoms with Gasteiger partial charge < -0.3 is 35.5 Å². The first-order chi connectivity index (χ1) is 21.6. The number of anilines is 1. The molecule has 1 aliphatic rings. The molecule has 0 bridgehead atoms. The van der Waals surface area contributed by atoms with E-state index in [-0.39, 0.29) is 31.9 Å². The maximum atomic E-state index is 12.6. The van der Waals surface area contributed by atoms with Gasteiger partial charge in [-0.15, -0.1) is 0 Å². The molecule has 1 heterocycles. The number of carbonyl (C=O) groups is 3. The fourth-order valence-corrected chi connectivity index (χ4v) is 4.93. The molecule has 4 N–H and O–H groups in total. The number of hydrogen-bond donors (Lipinski definition) is 3. The zero-order valence-corrected chi connectivity index (χ0v) is 26.7. The molecule has 2 aromatic rings. The maximum absolute atomic E-state index is 12.6. The number of hydrogen-bond acceptors (Lipinski definition) is 9. The minimum atomic E-state index is -0.860. The van der Waals surface area contributed by atoms with Crippen molar-refractivity contribution in [1.29, 1.82) is 5.26 Å². The molecule has 1 aliphatic heterocycles. The number of nitriles is 1. The van der Waals surface area contributed by atoms with E-state index in [1.165, 1.54) is 24.9 Å². The monoisotopic (exact) mass is 621 g/mol. The predicted octanol–water partition coefficient (Wildman–Crippen LogP) is 4.44. The second kappa shape index (κ2) is 18.0. The Morgan fingerprint density at radius 3 is 2.47 bits per heavy atom. The molecule has 45 heavy (non-hydrogen) atoms. The lowest BCUT2D eigenvalue weighted by molar-refractivity contribution is -0.148. The highest BCUT2D eigenvalue weighted by molar-refractivity contribution is 6.02. The van der Waals surface area contributed by atoms with Crippen LogP contribution in [0.15, 0.2) is 42.0 Å². The summed E-state index contributed by atoms with van der Waals surface area (Å²) in [4.78, 5) is 39.7. The van der Waals surface area contributed by atoms with Crippen LogP contribution in [-0.4, -0.2) is 75.6 Å². The van der Waals surface area contributed by atoms with Gasteiger partial charge in [0.2, 0.25) is 0 Å². The van der Waals surface area contributed by atoms with Gasteiger partial charge >= 0.3 is 12.1 Å². The van der Waals surface area contributed by atoms with Crippen LogP contribution in [0.5, 0.6) is 0 Å². The molecule has 1 atom stereocenters. The summed E-state index contributed by atoms with van der Waals surface area (Å²) in [6.45, 7) is 8.25. The van der Waals surface area contributed by atoms with E-state index in [0.29, 0.717) is 25.8 Å². The number of nitrogens with two attached hydrogens (primary N) is 1. The van der Waals surface area contributed by atoms with Gasteiger partial charge in [0.15, 0.2) is 0 Å². The molecular formula is C34H47N5O6. The van der Waals surface area contributed by atoms with Gasteiger partial charge in [0.1, 0.15) is 29.9 Å². The number of unbranched alkanes of at least 4 members (excludes halogenated alkanes) is 1. The number of ether oxygens (including phenoxy) is 3. The molecule has 1 fully saturated rings. The van der Waals surface area contributed by atoms with Gasteiger partial charge in [0.25, 0.3) is 5.91 Å². The largest absolute Gasteiger partial charge is 0.462 e. The van der Waals surface area contributed by atoms with Gasteiger partial charge in [-0.3, -0.25) is 4.79 Å². The number of esters is 1. The number of rotatable bonds is 15. The van der Waals surface area contributed by atoms with Crippen LogP contribution in [0.3, 0.4) is 0 Å². The number of nitrogens with zero attached hydrogens (tertiary/aromatic N) is 2. The van der Waals surface area contributed by atoms with E-state index in [2.05, 4.69) is 33.7 Å². The second-order valence-corrected chi connectivity index (χ2v) is 12.0. The van der Waals surface area contributed by atoms with Crippen LogP contribution in [0.2, 0.25) is 0 Å². The van der Waals surface area contributed by atoms with Crippen LogP contribution in [0.25, 0.3) is 16.8 Å². The number of benzene rings is 2. The van der Waals surface area contributed by atoms with E-state index in [4.69, 9.17) is 19.9 Å². The quantitative estimate of drug-likeness (QED) is 0.113. The highest BCUT2D eigenvalue weighted by Crippen LogP contribution is 2.26. The molecule has 0 spiro atoms. The van der Waals surface area contributed by atoms with Crippen molar-refractivity contribution in [2.45, 2.75) is 70.9 Å². The van der Waals surface area contributed by atoms with Crippen molar-refractivity contribution in [3.05, 3.63) is 47.5 Å². The highest BCUT2D eigenvalue weighted by Gasteiger charge is 2.25. The topological polar surface area (TPSA) is 156 Å². The van der Waals surface area contributed by atoms with Crippen molar-refractivity contribution >= 4 is 40.5 Å². The summed E-state index contributed by atoms with van der Waals surface area (Å²) in [5.74, 6) is -1.09. The van der Waals surface area contributed by atoms with Crippen LogP contribution in [0, 0.1) is 11.3 Å². The van der Waals surface area contributed by atoms with Gasteiger partial charge in [-0.2, -0.15) is 5.26 Å². The molecule has 0 saturated carbocycles. The maximum Gasteiger partial charge on any atom is 0.408 e. The summed E-state index contributed by atoms with van der Waals surface area (Å²) in [5.41, 5.74) is 6.82. The van der Waals surface area contributed by atoms with Gasteiger partial charge in [-0.1, -0.05) is 18.2 Å². The van der Waals surface area contributed by atoms with Crippen LogP contribution < -0.4 is 21.3 Å². The van der Waals surface area contributed by atoms with Gasteiger partial charge in [0, 0.05) is 25.3 Å².